The third-order valence-corrected chi connectivity index (χ3v) is 4.74. The molecule has 0 fully saturated rings. The summed E-state index contributed by atoms with van der Waals surface area (Å²) < 4.78 is 19.7. The zero-order valence-electron chi connectivity index (χ0n) is 17.9. The molecule has 1 aromatic heterocycles. The predicted molar refractivity (Wildman–Crippen MR) is 133 cm³/mol. The van der Waals surface area contributed by atoms with Crippen LogP contribution in [0.1, 0.15) is 35.3 Å². The van der Waals surface area contributed by atoms with E-state index >= 15 is 0 Å². The van der Waals surface area contributed by atoms with E-state index in [0.717, 1.165) is 22.6 Å². The normalized spacial score (nSPS) is 11.9. The number of aryl methyl sites for hydroxylation is 1. The number of benzene rings is 2. The Morgan fingerprint density at radius 3 is 2.68 bits per heavy atom. The van der Waals surface area contributed by atoms with Gasteiger partial charge in [0.25, 0.3) is 0 Å². The van der Waals surface area contributed by atoms with Crippen LogP contribution in [0.5, 0.6) is 5.75 Å². The highest BCUT2D eigenvalue weighted by Gasteiger charge is 2.10. The summed E-state index contributed by atoms with van der Waals surface area (Å²) in [6.45, 7) is 4.73. The highest BCUT2D eigenvalue weighted by atomic mass is 127. The van der Waals surface area contributed by atoms with Crippen molar-refractivity contribution in [1.29, 1.82) is 0 Å². The summed E-state index contributed by atoms with van der Waals surface area (Å²) in [6, 6.07) is 18.8. The van der Waals surface area contributed by atoms with E-state index in [0.29, 0.717) is 24.7 Å². The molecule has 2 N–H and O–H groups in total. The van der Waals surface area contributed by atoms with E-state index in [1.165, 1.54) is 0 Å². The van der Waals surface area contributed by atoms with Crippen molar-refractivity contribution in [2.75, 3.05) is 7.05 Å². The van der Waals surface area contributed by atoms with Crippen LogP contribution in [0.4, 0.5) is 4.39 Å². The summed E-state index contributed by atoms with van der Waals surface area (Å²) in [4.78, 5) is 8.53. The molecule has 2 aromatic carbocycles. The van der Waals surface area contributed by atoms with E-state index in [2.05, 4.69) is 20.6 Å². The molecule has 5 nitrogen and oxygen atoms in total. The van der Waals surface area contributed by atoms with Gasteiger partial charge in [-0.3, -0.25) is 9.98 Å². The van der Waals surface area contributed by atoms with Crippen LogP contribution in [-0.2, 0) is 13.2 Å². The van der Waals surface area contributed by atoms with Gasteiger partial charge in [-0.1, -0.05) is 30.3 Å². The van der Waals surface area contributed by atoms with Crippen LogP contribution in [0, 0.1) is 12.7 Å². The molecule has 3 rings (SSSR count). The summed E-state index contributed by atoms with van der Waals surface area (Å²) >= 11 is 0. The maximum absolute atomic E-state index is 13.8. The van der Waals surface area contributed by atoms with Crippen LogP contribution in [-0.4, -0.2) is 18.0 Å². The molecule has 1 atom stereocenters. The molecule has 1 unspecified atom stereocenters. The Hall–Kier alpha value is -2.68. The molecule has 0 aliphatic rings. The lowest BCUT2D eigenvalue weighted by Crippen LogP contribution is -2.38. The number of hydrogen-bond donors (Lipinski definition) is 2. The maximum Gasteiger partial charge on any atom is 0.191 e. The molecule has 0 bridgehead atoms. The number of aliphatic imine (C=N–C) groups is 1. The van der Waals surface area contributed by atoms with Gasteiger partial charge in [0, 0.05) is 19.8 Å². The number of pyridine rings is 1. The molecule has 0 aliphatic carbocycles. The third-order valence-electron chi connectivity index (χ3n) is 4.74. The molecular weight excluding hydrogens is 506 g/mol. The minimum Gasteiger partial charge on any atom is -0.487 e. The van der Waals surface area contributed by atoms with Crippen LogP contribution in [0.2, 0.25) is 0 Å². The lowest BCUT2D eigenvalue weighted by molar-refractivity contribution is 0.301. The molecule has 7 heteroatoms. The first-order valence-corrected chi connectivity index (χ1v) is 9.90. The fourth-order valence-electron chi connectivity index (χ4n) is 2.93. The van der Waals surface area contributed by atoms with Crippen molar-refractivity contribution in [3.05, 3.63) is 95.1 Å². The molecule has 0 amide bonds. The first kappa shape index (κ1) is 24.6. The number of nitrogens with zero attached hydrogens (tertiary/aromatic N) is 2. The first-order valence-electron chi connectivity index (χ1n) is 9.90. The number of rotatable bonds is 7. The quantitative estimate of drug-likeness (QED) is 0.250. The largest absolute Gasteiger partial charge is 0.487 e. The summed E-state index contributed by atoms with van der Waals surface area (Å²) in [5.74, 6) is 1.22. The molecule has 164 valence electrons. The number of aromatic nitrogens is 1. The van der Waals surface area contributed by atoms with Gasteiger partial charge in [0.2, 0.25) is 0 Å². The molecule has 0 aliphatic heterocycles. The molecule has 0 saturated heterocycles. The summed E-state index contributed by atoms with van der Waals surface area (Å²) in [6.07, 6.45) is 1.75. The Morgan fingerprint density at radius 2 is 1.97 bits per heavy atom. The van der Waals surface area contributed by atoms with Gasteiger partial charge in [0.05, 0.1) is 11.7 Å². The lowest BCUT2D eigenvalue weighted by atomic mass is 10.1. The Morgan fingerprint density at radius 1 is 1.13 bits per heavy atom. The van der Waals surface area contributed by atoms with Crippen LogP contribution < -0.4 is 15.4 Å². The average molecular weight is 534 g/mol. The number of guanidine groups is 1. The van der Waals surface area contributed by atoms with Crippen LogP contribution in [0.25, 0.3) is 0 Å². The zero-order valence-corrected chi connectivity index (χ0v) is 20.3. The van der Waals surface area contributed by atoms with Gasteiger partial charge in [-0.15, -0.1) is 24.0 Å². The molecule has 31 heavy (non-hydrogen) atoms. The smallest absolute Gasteiger partial charge is 0.191 e. The number of ether oxygens (including phenoxy) is 1. The Kier molecular flexibility index (Phi) is 9.71. The lowest BCUT2D eigenvalue weighted by Gasteiger charge is -2.19. The van der Waals surface area contributed by atoms with Crippen molar-refractivity contribution in [2.24, 2.45) is 4.99 Å². The van der Waals surface area contributed by atoms with Crippen molar-refractivity contribution < 1.29 is 9.13 Å². The topological polar surface area (TPSA) is 58.5 Å². The van der Waals surface area contributed by atoms with Gasteiger partial charge in [0.15, 0.2) is 5.96 Å². The van der Waals surface area contributed by atoms with Gasteiger partial charge in [0.1, 0.15) is 18.2 Å². The second-order valence-corrected chi connectivity index (χ2v) is 7.06. The summed E-state index contributed by atoms with van der Waals surface area (Å²) in [5.41, 5.74) is 3.45. The molecule has 0 radical (unpaired) electrons. The number of halogens is 2. The zero-order chi connectivity index (χ0) is 21.3. The van der Waals surface area contributed by atoms with Crippen molar-refractivity contribution in [2.45, 2.75) is 33.0 Å². The van der Waals surface area contributed by atoms with Gasteiger partial charge < -0.3 is 15.4 Å². The Labute approximate surface area is 200 Å². The van der Waals surface area contributed by atoms with E-state index < -0.39 is 0 Å². The fourth-order valence-corrected chi connectivity index (χ4v) is 2.93. The standard InChI is InChI=1S/C24H27FN4O.HI/c1-17-10-11-20(14-23(17)25)18(2)29-24(26-3)28-15-19-7-6-9-22(13-19)30-16-21-8-4-5-12-27-21;/h4-14,18H,15-16H2,1-3H3,(H2,26,28,29);1H. The van der Waals surface area contributed by atoms with E-state index in [-0.39, 0.29) is 35.8 Å². The van der Waals surface area contributed by atoms with E-state index in [1.54, 1.807) is 32.3 Å². The van der Waals surface area contributed by atoms with E-state index in [1.807, 2.05) is 55.5 Å². The maximum atomic E-state index is 13.8. The van der Waals surface area contributed by atoms with Gasteiger partial charge >= 0.3 is 0 Å². The monoisotopic (exact) mass is 534 g/mol. The molecule has 3 aromatic rings. The molecule has 1 heterocycles. The van der Waals surface area contributed by atoms with Crippen LogP contribution in [0.15, 0.2) is 71.9 Å². The van der Waals surface area contributed by atoms with Gasteiger partial charge in [-0.25, -0.2) is 4.39 Å². The second-order valence-electron chi connectivity index (χ2n) is 7.06. The predicted octanol–water partition coefficient (Wildman–Crippen LogP) is 5.15. The summed E-state index contributed by atoms with van der Waals surface area (Å²) in [5, 5.41) is 6.58. The first-order chi connectivity index (χ1) is 14.5. The third kappa shape index (κ3) is 7.50. The number of nitrogens with one attached hydrogen (secondary N) is 2. The second kappa shape index (κ2) is 12.2. The van der Waals surface area contributed by atoms with Gasteiger partial charge in [-0.2, -0.15) is 0 Å². The van der Waals surface area contributed by atoms with Crippen LogP contribution in [0.3, 0.4) is 0 Å². The molecule has 0 spiro atoms. The number of hydrogen-bond acceptors (Lipinski definition) is 3. The van der Waals surface area contributed by atoms with E-state index in [4.69, 9.17) is 4.74 Å². The Balaban J connectivity index is 0.00000341. The summed E-state index contributed by atoms with van der Waals surface area (Å²) in [7, 11) is 1.71. The Bertz CT molecular complexity index is 998. The van der Waals surface area contributed by atoms with E-state index in [9.17, 15) is 4.39 Å². The van der Waals surface area contributed by atoms with Crippen molar-refractivity contribution in [1.82, 2.24) is 15.6 Å². The highest BCUT2D eigenvalue weighted by Crippen LogP contribution is 2.17. The van der Waals surface area contributed by atoms with Crippen molar-refractivity contribution in [3.63, 3.8) is 0 Å². The minimum absolute atomic E-state index is 0. The fraction of sp³-hybridized carbons (Fsp3) is 0.250. The van der Waals surface area contributed by atoms with Crippen molar-refractivity contribution >= 4 is 29.9 Å². The minimum atomic E-state index is -0.202. The van der Waals surface area contributed by atoms with Crippen LogP contribution >= 0.6 is 24.0 Å². The van der Waals surface area contributed by atoms with Crippen molar-refractivity contribution in [3.8, 4) is 5.75 Å². The SMILES string of the molecule is CN=C(NCc1cccc(OCc2ccccn2)c1)NC(C)c1ccc(C)c(F)c1.I. The molecule has 0 saturated carbocycles. The van der Waals surface area contributed by atoms with Gasteiger partial charge in [-0.05, 0) is 60.9 Å². The average Bonchev–Trinajstić information content (AvgIpc) is 2.78. The highest BCUT2D eigenvalue weighted by molar-refractivity contribution is 14.0. The molecular formula is C24H28FIN4O.